The van der Waals surface area contributed by atoms with E-state index in [-0.39, 0.29) is 5.56 Å². The van der Waals surface area contributed by atoms with Crippen molar-refractivity contribution in [1.82, 2.24) is 34.0 Å². The lowest BCUT2D eigenvalue weighted by molar-refractivity contribution is 0.299. The molecule has 28 heavy (non-hydrogen) atoms. The van der Waals surface area contributed by atoms with Crippen molar-refractivity contribution in [3.8, 4) is 0 Å². The van der Waals surface area contributed by atoms with Crippen molar-refractivity contribution >= 4 is 11.5 Å². The lowest BCUT2D eigenvalue weighted by Gasteiger charge is -2.23. The fraction of sp³-hybridized carbons (Fsp3) is 0.526. The summed E-state index contributed by atoms with van der Waals surface area (Å²) in [6.45, 7) is 8.97. The quantitative estimate of drug-likeness (QED) is 0.650. The molecule has 2 fully saturated rings. The smallest absolute Gasteiger partial charge is 0.295 e. The van der Waals surface area contributed by atoms with E-state index in [1.165, 1.54) is 10.1 Å². The van der Waals surface area contributed by atoms with Crippen molar-refractivity contribution in [1.29, 1.82) is 0 Å². The van der Waals surface area contributed by atoms with Crippen molar-refractivity contribution in [3.63, 3.8) is 0 Å². The van der Waals surface area contributed by atoms with Gasteiger partial charge in [0.2, 0.25) is 5.65 Å². The number of hydrogen-bond donors (Lipinski definition) is 0. The van der Waals surface area contributed by atoms with Gasteiger partial charge in [-0.25, -0.2) is 9.97 Å². The molecule has 5 rings (SSSR count). The molecule has 2 unspecified atom stereocenters. The third kappa shape index (κ3) is 2.69. The van der Waals surface area contributed by atoms with Gasteiger partial charge in [0.15, 0.2) is 5.82 Å². The molecule has 0 saturated carbocycles. The number of hydrogen-bond acceptors (Lipinski definition) is 7. The molecule has 2 atom stereocenters. The van der Waals surface area contributed by atoms with E-state index in [2.05, 4.69) is 36.9 Å². The predicted molar refractivity (Wildman–Crippen MR) is 104 cm³/mol. The molecular formula is C19H24N8O. The first-order chi connectivity index (χ1) is 13.5. The maximum atomic E-state index is 12.2. The monoisotopic (exact) mass is 380 g/mol. The third-order valence-corrected chi connectivity index (χ3v) is 6.25. The van der Waals surface area contributed by atoms with Gasteiger partial charge in [0, 0.05) is 56.9 Å². The van der Waals surface area contributed by atoms with Gasteiger partial charge in [-0.15, -0.1) is 10.2 Å². The molecule has 2 aliphatic rings. The van der Waals surface area contributed by atoms with Crippen LogP contribution < -0.4 is 10.5 Å². The van der Waals surface area contributed by atoms with Crippen LogP contribution >= 0.6 is 0 Å². The number of nitrogens with zero attached hydrogens (tertiary/aromatic N) is 8. The summed E-state index contributed by atoms with van der Waals surface area (Å²) in [6.07, 6.45) is 5.29. The summed E-state index contributed by atoms with van der Waals surface area (Å²) in [5.41, 5.74) is 2.50. The number of aromatic nitrogens is 6. The fourth-order valence-corrected chi connectivity index (χ4v) is 4.56. The molecular weight excluding hydrogens is 356 g/mol. The van der Waals surface area contributed by atoms with Crippen LogP contribution in [0.5, 0.6) is 0 Å². The van der Waals surface area contributed by atoms with Crippen molar-refractivity contribution < 1.29 is 0 Å². The van der Waals surface area contributed by atoms with Crippen LogP contribution in [0.25, 0.3) is 5.65 Å². The zero-order valence-electron chi connectivity index (χ0n) is 16.4. The second kappa shape index (κ2) is 6.37. The molecule has 0 amide bonds. The average molecular weight is 380 g/mol. The molecule has 5 heterocycles. The van der Waals surface area contributed by atoms with Gasteiger partial charge >= 0.3 is 0 Å². The zero-order chi connectivity index (χ0) is 19.4. The summed E-state index contributed by atoms with van der Waals surface area (Å²) in [7, 11) is 1.73. The van der Waals surface area contributed by atoms with Crippen LogP contribution in [0.4, 0.5) is 5.82 Å². The molecule has 3 aromatic heterocycles. The summed E-state index contributed by atoms with van der Waals surface area (Å²) in [5.74, 6) is 3.16. The Morgan fingerprint density at radius 3 is 2.54 bits per heavy atom. The molecule has 0 N–H and O–H groups in total. The minimum Gasteiger partial charge on any atom is -0.356 e. The summed E-state index contributed by atoms with van der Waals surface area (Å²) in [4.78, 5) is 25.8. The van der Waals surface area contributed by atoms with E-state index in [0.717, 1.165) is 43.5 Å². The van der Waals surface area contributed by atoms with Crippen LogP contribution in [-0.4, -0.2) is 60.2 Å². The van der Waals surface area contributed by atoms with E-state index in [1.54, 1.807) is 19.6 Å². The first-order valence-electron chi connectivity index (χ1n) is 9.66. The Balaban J connectivity index is 1.29. The Morgan fingerprint density at radius 1 is 1.04 bits per heavy atom. The number of aryl methyl sites for hydroxylation is 2. The average Bonchev–Trinajstić information content (AvgIpc) is 3.34. The number of likely N-dealkylation sites (tertiary alicyclic amines) is 1. The summed E-state index contributed by atoms with van der Waals surface area (Å²) in [6, 6.07) is 0. The fourth-order valence-electron chi connectivity index (χ4n) is 4.56. The molecule has 0 spiro atoms. The third-order valence-electron chi connectivity index (χ3n) is 6.25. The maximum absolute atomic E-state index is 12.2. The van der Waals surface area contributed by atoms with E-state index < -0.39 is 0 Å². The van der Waals surface area contributed by atoms with Crippen molar-refractivity contribution in [3.05, 3.63) is 46.2 Å². The molecule has 146 valence electrons. The zero-order valence-corrected chi connectivity index (χ0v) is 16.4. The summed E-state index contributed by atoms with van der Waals surface area (Å²) >= 11 is 0. The van der Waals surface area contributed by atoms with Gasteiger partial charge < -0.3 is 9.47 Å². The minimum atomic E-state index is -0.120. The topological polar surface area (TPSA) is 84.5 Å². The van der Waals surface area contributed by atoms with Gasteiger partial charge in [0.25, 0.3) is 5.56 Å². The van der Waals surface area contributed by atoms with Gasteiger partial charge in [-0.1, -0.05) is 0 Å². The van der Waals surface area contributed by atoms with Crippen LogP contribution in [0.15, 0.2) is 23.5 Å². The van der Waals surface area contributed by atoms with E-state index in [1.807, 2.05) is 17.5 Å². The normalized spacial score (nSPS) is 22.3. The van der Waals surface area contributed by atoms with Crippen LogP contribution in [0.2, 0.25) is 0 Å². The Kier molecular flexibility index (Phi) is 3.94. The largest absolute Gasteiger partial charge is 0.356 e. The number of anilines is 1. The second-order valence-electron chi connectivity index (χ2n) is 8.05. The first kappa shape index (κ1) is 17.3. The summed E-state index contributed by atoms with van der Waals surface area (Å²) in [5, 5.41) is 8.36. The van der Waals surface area contributed by atoms with E-state index in [4.69, 9.17) is 0 Å². The number of fused-ring (bicyclic) bond motifs is 2. The molecule has 0 aromatic carbocycles. The maximum Gasteiger partial charge on any atom is 0.295 e. The molecule has 0 aliphatic carbocycles. The van der Waals surface area contributed by atoms with Crippen LogP contribution in [0.3, 0.4) is 0 Å². The SMILES string of the molecule is Cc1ncnc(N2CC3CN(Cc4nnc5c(=O)n(C)ccn45)CC3C2)c1C. The predicted octanol–water partition coefficient (Wildman–Crippen LogP) is 0.403. The molecule has 2 saturated heterocycles. The van der Waals surface area contributed by atoms with Crippen LogP contribution in [0, 0.1) is 25.7 Å². The highest BCUT2D eigenvalue weighted by Crippen LogP contribution is 2.34. The van der Waals surface area contributed by atoms with Gasteiger partial charge in [0.05, 0.1) is 6.54 Å². The van der Waals surface area contributed by atoms with Crippen LogP contribution in [0.1, 0.15) is 17.1 Å². The number of rotatable bonds is 3. The van der Waals surface area contributed by atoms with Gasteiger partial charge in [-0.2, -0.15) is 0 Å². The second-order valence-corrected chi connectivity index (χ2v) is 8.05. The van der Waals surface area contributed by atoms with Crippen molar-refractivity contribution in [2.24, 2.45) is 18.9 Å². The van der Waals surface area contributed by atoms with Crippen molar-refractivity contribution in [2.45, 2.75) is 20.4 Å². The lowest BCUT2D eigenvalue weighted by Crippen LogP contribution is -2.30. The standard InChI is InChI=1S/C19H24N8O/c1-12-13(2)20-11-21-17(12)26-8-14-6-25(7-15(14)9-26)10-16-22-23-18-19(28)24(3)4-5-27(16)18/h4-5,11,14-15H,6-10H2,1-3H3. The highest BCUT2D eigenvalue weighted by atomic mass is 16.1. The molecule has 0 bridgehead atoms. The van der Waals surface area contributed by atoms with Crippen molar-refractivity contribution in [2.75, 3.05) is 31.1 Å². The molecule has 9 heteroatoms. The van der Waals surface area contributed by atoms with Gasteiger partial charge in [-0.05, 0) is 25.7 Å². The van der Waals surface area contributed by atoms with Gasteiger partial charge in [0.1, 0.15) is 12.1 Å². The first-order valence-corrected chi connectivity index (χ1v) is 9.66. The highest BCUT2D eigenvalue weighted by Gasteiger charge is 2.41. The van der Waals surface area contributed by atoms with E-state index in [9.17, 15) is 4.79 Å². The minimum absolute atomic E-state index is 0.120. The van der Waals surface area contributed by atoms with E-state index >= 15 is 0 Å². The highest BCUT2D eigenvalue weighted by molar-refractivity contribution is 5.48. The summed E-state index contributed by atoms with van der Waals surface area (Å²) < 4.78 is 3.34. The molecule has 2 aliphatic heterocycles. The Hall–Kier alpha value is -2.81. The molecule has 9 nitrogen and oxygen atoms in total. The molecule has 3 aromatic rings. The van der Waals surface area contributed by atoms with Gasteiger partial charge in [-0.3, -0.25) is 14.1 Å². The Morgan fingerprint density at radius 2 is 1.79 bits per heavy atom. The van der Waals surface area contributed by atoms with Crippen LogP contribution in [-0.2, 0) is 13.6 Å². The van der Waals surface area contributed by atoms with E-state index in [0.29, 0.717) is 24.0 Å². The molecule has 0 radical (unpaired) electrons. The Labute approximate surface area is 162 Å². The lowest BCUT2D eigenvalue weighted by atomic mass is 10.0. The Bertz CT molecular complexity index is 1090.